The van der Waals surface area contributed by atoms with Gasteiger partial charge in [-0.25, -0.2) is 0 Å². The van der Waals surface area contributed by atoms with Crippen molar-refractivity contribution >= 4 is 17.8 Å². The van der Waals surface area contributed by atoms with Gasteiger partial charge >= 0.3 is 11.9 Å². The highest BCUT2D eigenvalue weighted by Gasteiger charge is 2.71. The summed E-state index contributed by atoms with van der Waals surface area (Å²) in [4.78, 5) is 41.2. The van der Waals surface area contributed by atoms with Gasteiger partial charge in [0.05, 0.1) is 11.8 Å². The number of carbonyl (C=O) groups is 3. The Balaban J connectivity index is 1.20. The molecule has 0 aliphatic heterocycles. The molecule has 6 aliphatic rings. The molecule has 0 unspecified atom stereocenters. The number of hydrogen-bond donors (Lipinski definition) is 2. The van der Waals surface area contributed by atoms with Crippen LogP contribution in [0.2, 0.25) is 0 Å². The zero-order valence-corrected chi connectivity index (χ0v) is 34.7. The molecule has 0 aromatic rings. The van der Waals surface area contributed by atoms with E-state index >= 15 is 0 Å². The van der Waals surface area contributed by atoms with Crippen molar-refractivity contribution in [2.45, 2.75) is 176 Å². The van der Waals surface area contributed by atoms with Crippen LogP contribution < -0.4 is 5.32 Å². The third-order valence-corrected chi connectivity index (χ3v) is 17.9. The molecule has 0 bridgehead atoms. The summed E-state index contributed by atoms with van der Waals surface area (Å²) >= 11 is 0. The molecule has 1 amide bonds. The molecule has 294 valence electrons. The molecular weight excluding hydrogens is 649 g/mol. The van der Waals surface area contributed by atoms with Gasteiger partial charge in [-0.15, -0.1) is 0 Å². The van der Waals surface area contributed by atoms with Crippen molar-refractivity contribution in [1.29, 1.82) is 0 Å². The van der Waals surface area contributed by atoms with E-state index in [-0.39, 0.29) is 45.6 Å². The topological polar surface area (TPSA) is 95.9 Å². The highest BCUT2D eigenvalue weighted by atomic mass is 16.5. The van der Waals surface area contributed by atoms with Crippen LogP contribution in [-0.2, 0) is 19.1 Å². The smallest absolute Gasteiger partial charge is 0.309 e. The van der Waals surface area contributed by atoms with E-state index in [0.29, 0.717) is 54.0 Å². The fourth-order valence-corrected chi connectivity index (χ4v) is 14.7. The molecule has 0 saturated heterocycles. The Morgan fingerprint density at radius 1 is 0.827 bits per heavy atom. The minimum Gasteiger partial charge on any atom is -0.481 e. The predicted octanol–water partition coefficient (Wildman–Crippen LogP) is 9.44. The van der Waals surface area contributed by atoms with Crippen LogP contribution in [0.15, 0.2) is 12.2 Å². The van der Waals surface area contributed by atoms with Gasteiger partial charge in [-0.3, -0.25) is 14.4 Å². The lowest BCUT2D eigenvalue weighted by Gasteiger charge is -2.73. The molecule has 0 spiro atoms. The first kappa shape index (κ1) is 39.8. The number of fused-ring (bicyclic) bond motifs is 7. The summed E-state index contributed by atoms with van der Waals surface area (Å²) in [7, 11) is 4.36. The number of rotatable bonds is 9. The van der Waals surface area contributed by atoms with E-state index in [1.54, 1.807) is 13.8 Å². The number of carbonyl (C=O) groups excluding carboxylic acids is 2. The number of ether oxygens (including phenoxy) is 1. The Kier molecular flexibility index (Phi) is 10.5. The molecule has 6 saturated carbocycles. The van der Waals surface area contributed by atoms with E-state index in [4.69, 9.17) is 4.74 Å². The molecule has 6 rings (SSSR count). The second-order valence-corrected chi connectivity index (χ2v) is 21.5. The molecule has 7 nitrogen and oxygen atoms in total. The van der Waals surface area contributed by atoms with E-state index in [9.17, 15) is 19.5 Å². The lowest BCUT2D eigenvalue weighted by Crippen LogP contribution is -2.67. The molecule has 0 aromatic carbocycles. The largest absolute Gasteiger partial charge is 0.481 e. The van der Waals surface area contributed by atoms with Crippen molar-refractivity contribution in [2.24, 2.45) is 62.1 Å². The first-order chi connectivity index (χ1) is 24.1. The van der Waals surface area contributed by atoms with E-state index in [1.807, 2.05) is 0 Å². The van der Waals surface area contributed by atoms with E-state index in [1.165, 1.54) is 37.7 Å². The monoisotopic (exact) mass is 723 g/mol. The summed E-state index contributed by atoms with van der Waals surface area (Å²) in [5, 5.41) is 13.2. The lowest BCUT2D eigenvalue weighted by molar-refractivity contribution is -0.250. The van der Waals surface area contributed by atoms with Gasteiger partial charge in [0.25, 0.3) is 0 Å². The van der Waals surface area contributed by atoms with Crippen LogP contribution in [0.25, 0.3) is 0 Å². The predicted molar refractivity (Wildman–Crippen MR) is 207 cm³/mol. The number of esters is 1. The highest BCUT2D eigenvalue weighted by molar-refractivity contribution is 5.81. The van der Waals surface area contributed by atoms with Crippen LogP contribution in [0.5, 0.6) is 0 Å². The number of nitrogens with zero attached hydrogens (tertiary/aromatic N) is 1. The molecule has 0 radical (unpaired) electrons. The molecule has 2 N–H and O–H groups in total. The Hall–Kier alpha value is -1.89. The lowest BCUT2D eigenvalue weighted by atomic mass is 9.32. The normalized spacial score (nSPS) is 44.1. The number of nitrogens with one attached hydrogen (secondary N) is 1. The van der Waals surface area contributed by atoms with Gasteiger partial charge in [0.1, 0.15) is 6.10 Å². The number of allylic oxidation sites excluding steroid dienone is 1. The SMILES string of the molecule is C=C(C)[C@@H]1CC[C@]2(CC(=O)NC3CCC(N(C)C)CC3)CC[C@]3(C)[C@H](CC[C@@H]4[C@@]5(C)CC[C@H](OC(=O)CC(C)(C)C(=O)O)C(C)(C)[C@@H]5CC[C@]43C)[C@@H]12. The molecule has 6 fully saturated rings. The molecule has 10 atom stereocenters. The average Bonchev–Trinajstić information content (AvgIpc) is 3.42. The van der Waals surface area contributed by atoms with Gasteiger partial charge in [0, 0.05) is 23.9 Å². The summed E-state index contributed by atoms with van der Waals surface area (Å²) in [6.45, 7) is 22.6. The van der Waals surface area contributed by atoms with Crippen LogP contribution in [0.3, 0.4) is 0 Å². The van der Waals surface area contributed by atoms with E-state index in [0.717, 1.165) is 57.8 Å². The van der Waals surface area contributed by atoms with Crippen LogP contribution in [0.4, 0.5) is 0 Å². The number of hydrogen-bond acceptors (Lipinski definition) is 5. The van der Waals surface area contributed by atoms with Crippen LogP contribution in [0.1, 0.15) is 158 Å². The zero-order valence-electron chi connectivity index (χ0n) is 34.7. The fourth-order valence-electron chi connectivity index (χ4n) is 14.7. The molecule has 7 heteroatoms. The van der Waals surface area contributed by atoms with Crippen molar-refractivity contribution in [2.75, 3.05) is 14.1 Å². The number of aliphatic carboxylic acids is 1. The van der Waals surface area contributed by atoms with Crippen LogP contribution >= 0.6 is 0 Å². The van der Waals surface area contributed by atoms with E-state index < -0.39 is 11.4 Å². The Morgan fingerprint density at radius 2 is 1.50 bits per heavy atom. The minimum atomic E-state index is -1.14. The summed E-state index contributed by atoms with van der Waals surface area (Å²) < 4.78 is 6.19. The van der Waals surface area contributed by atoms with Crippen molar-refractivity contribution in [3.8, 4) is 0 Å². The van der Waals surface area contributed by atoms with Crippen molar-refractivity contribution < 1.29 is 24.2 Å². The van der Waals surface area contributed by atoms with Crippen LogP contribution in [0, 0.1) is 62.1 Å². The maximum absolute atomic E-state index is 14.0. The van der Waals surface area contributed by atoms with Crippen molar-refractivity contribution in [3.05, 3.63) is 12.2 Å². The second-order valence-electron chi connectivity index (χ2n) is 21.5. The maximum atomic E-state index is 14.0. The fraction of sp³-hybridized carbons (Fsp3) is 0.889. The van der Waals surface area contributed by atoms with Gasteiger partial charge in [-0.1, -0.05) is 46.8 Å². The Bertz CT molecular complexity index is 1410. The van der Waals surface area contributed by atoms with Gasteiger partial charge in [-0.2, -0.15) is 0 Å². The quantitative estimate of drug-likeness (QED) is 0.182. The molecular formula is C45H74N2O5. The number of carboxylic acids is 1. The first-order valence-electron chi connectivity index (χ1n) is 21.2. The van der Waals surface area contributed by atoms with Crippen molar-refractivity contribution in [3.63, 3.8) is 0 Å². The molecule has 52 heavy (non-hydrogen) atoms. The Labute approximate surface area is 316 Å². The highest BCUT2D eigenvalue weighted by Crippen LogP contribution is 2.78. The van der Waals surface area contributed by atoms with E-state index in [2.05, 4.69) is 72.4 Å². The second kappa shape index (κ2) is 13.7. The number of carboxylic acid groups (broad SMARTS) is 1. The van der Waals surface area contributed by atoms with Gasteiger partial charge < -0.3 is 20.1 Å². The summed E-state index contributed by atoms with van der Waals surface area (Å²) in [5.41, 5.74) is 0.621. The molecule has 0 aromatic heterocycles. The van der Waals surface area contributed by atoms with Gasteiger partial charge in [0.15, 0.2) is 0 Å². The Morgan fingerprint density at radius 3 is 2.12 bits per heavy atom. The zero-order chi connectivity index (χ0) is 38.2. The third kappa shape index (κ3) is 6.41. The van der Waals surface area contributed by atoms with Crippen LogP contribution in [-0.4, -0.2) is 60.1 Å². The standard InChI is InChI=1S/C45H74N2O5/c1-28(2)31-18-23-45(26-36(48)46-29-12-14-30(15-13-29)47(10)11)25-24-43(8)32(38(31)45)16-17-34-42(7)21-20-35(52-37(49)27-40(3,4)39(50)51)41(5,6)33(42)19-22-44(34,43)9/h29-35,38H,1,12-27H2,2-11H3,(H,46,48)(H,50,51)/t29?,30?,31-,32+,33-,34+,35-,38+,42-,43+,44+,45+/m0/s1. The molecule has 0 heterocycles. The maximum Gasteiger partial charge on any atom is 0.309 e. The van der Waals surface area contributed by atoms with Gasteiger partial charge in [0.2, 0.25) is 5.91 Å². The summed E-state index contributed by atoms with van der Waals surface area (Å²) in [5.74, 6) is 1.58. The first-order valence-corrected chi connectivity index (χ1v) is 21.2. The van der Waals surface area contributed by atoms with Gasteiger partial charge in [-0.05, 0) is 176 Å². The average molecular weight is 723 g/mol. The summed E-state index contributed by atoms with van der Waals surface area (Å²) in [6.07, 6.45) is 16.2. The number of amides is 1. The molecule has 6 aliphatic carbocycles. The minimum absolute atomic E-state index is 0.0716. The van der Waals surface area contributed by atoms with Crippen molar-refractivity contribution in [1.82, 2.24) is 10.2 Å². The third-order valence-electron chi connectivity index (χ3n) is 17.9. The summed E-state index contributed by atoms with van der Waals surface area (Å²) in [6, 6.07) is 0.948.